The van der Waals surface area contributed by atoms with Gasteiger partial charge in [-0.2, -0.15) is 0 Å². The lowest BCUT2D eigenvalue weighted by molar-refractivity contribution is 0.231. The number of hydrogen-bond acceptors (Lipinski definition) is 5. The van der Waals surface area contributed by atoms with Crippen LogP contribution in [0.15, 0.2) is 30.9 Å². The molecule has 3 heterocycles. The lowest BCUT2D eigenvalue weighted by Crippen LogP contribution is -2.50. The Morgan fingerprint density at radius 1 is 1.33 bits per heavy atom. The fourth-order valence-electron chi connectivity index (χ4n) is 3.13. The quantitative estimate of drug-likeness (QED) is 0.801. The zero-order valence-electron chi connectivity index (χ0n) is 12.5. The molecule has 1 atom stereocenters. The summed E-state index contributed by atoms with van der Waals surface area (Å²) in [5, 5.41) is 10.8. The molecule has 112 valence electrons. The second-order valence-electron chi connectivity index (χ2n) is 5.53. The minimum absolute atomic E-state index is 0.713. The second kappa shape index (κ2) is 6.54. The highest BCUT2D eigenvalue weighted by Crippen LogP contribution is 2.30. The van der Waals surface area contributed by atoms with E-state index in [0.29, 0.717) is 6.04 Å². The largest absolute Gasteiger partial charge is 0.344 e. The predicted molar refractivity (Wildman–Crippen MR) is 89.7 cm³/mol. The molecule has 0 unspecified atom stereocenters. The average molecular weight is 302 g/mol. The van der Waals surface area contributed by atoms with E-state index in [1.165, 1.54) is 19.4 Å². The maximum Gasteiger partial charge on any atom is 0.208 e. The van der Waals surface area contributed by atoms with Crippen molar-refractivity contribution < 1.29 is 0 Å². The molecule has 5 heteroatoms. The maximum atomic E-state index is 4.41. The van der Waals surface area contributed by atoms with Gasteiger partial charge in [0.15, 0.2) is 0 Å². The van der Waals surface area contributed by atoms with E-state index in [2.05, 4.69) is 32.7 Å². The van der Waals surface area contributed by atoms with Crippen molar-refractivity contribution in [3.63, 3.8) is 0 Å². The molecule has 2 aliphatic rings. The summed E-state index contributed by atoms with van der Waals surface area (Å²) < 4.78 is 0. The maximum absolute atomic E-state index is 4.41. The summed E-state index contributed by atoms with van der Waals surface area (Å²) in [6.45, 7) is 10.4. The minimum Gasteiger partial charge on any atom is -0.344 e. The fourth-order valence-corrected chi connectivity index (χ4v) is 4.01. The van der Waals surface area contributed by atoms with Crippen LogP contribution in [-0.2, 0) is 0 Å². The van der Waals surface area contributed by atoms with Gasteiger partial charge in [0.25, 0.3) is 0 Å². The van der Waals surface area contributed by atoms with Crippen LogP contribution in [0.4, 0.5) is 5.13 Å². The van der Waals surface area contributed by atoms with Gasteiger partial charge >= 0.3 is 0 Å². The van der Waals surface area contributed by atoms with Crippen molar-refractivity contribution >= 4 is 22.0 Å². The van der Waals surface area contributed by atoms with Crippen molar-refractivity contribution in [1.29, 1.82) is 0 Å². The Morgan fingerprint density at radius 2 is 2.24 bits per heavy atom. The van der Waals surface area contributed by atoms with Gasteiger partial charge in [0.1, 0.15) is 5.01 Å². The van der Waals surface area contributed by atoms with Gasteiger partial charge in [-0.3, -0.25) is 4.90 Å². The van der Waals surface area contributed by atoms with E-state index < -0.39 is 0 Å². The molecule has 0 saturated carbocycles. The van der Waals surface area contributed by atoms with E-state index in [1.54, 1.807) is 17.4 Å². The van der Waals surface area contributed by atoms with Gasteiger partial charge in [-0.05, 0) is 26.3 Å². The molecule has 21 heavy (non-hydrogen) atoms. The van der Waals surface area contributed by atoms with Crippen LogP contribution < -0.4 is 4.90 Å². The Hall–Kier alpha value is -1.46. The third-order valence-corrected chi connectivity index (χ3v) is 5.20. The molecule has 2 aliphatic heterocycles. The summed E-state index contributed by atoms with van der Waals surface area (Å²) in [4.78, 5) is 5.01. The van der Waals surface area contributed by atoms with Gasteiger partial charge in [0.05, 0.1) is 0 Å². The highest BCUT2D eigenvalue weighted by atomic mass is 32.1. The second-order valence-corrected chi connectivity index (χ2v) is 6.48. The average Bonchev–Trinajstić information content (AvgIpc) is 3.15. The first-order chi connectivity index (χ1) is 10.3. The molecule has 0 bridgehead atoms. The number of rotatable bonds is 4. The van der Waals surface area contributed by atoms with Crippen LogP contribution in [0, 0.1) is 0 Å². The highest BCUT2D eigenvalue weighted by molar-refractivity contribution is 7.16. The van der Waals surface area contributed by atoms with Gasteiger partial charge in [-0.1, -0.05) is 42.2 Å². The minimum atomic E-state index is 0.713. The molecule has 0 aliphatic carbocycles. The summed E-state index contributed by atoms with van der Waals surface area (Å²) >= 11 is 1.68. The molecule has 0 N–H and O–H groups in total. The molecule has 0 radical (unpaired) electrons. The molecular weight excluding hydrogens is 280 g/mol. The van der Waals surface area contributed by atoms with E-state index in [0.717, 1.165) is 35.3 Å². The van der Waals surface area contributed by atoms with Crippen LogP contribution in [0.3, 0.4) is 0 Å². The predicted octanol–water partition coefficient (Wildman–Crippen LogP) is 2.97. The first-order valence-corrected chi connectivity index (χ1v) is 8.41. The topological polar surface area (TPSA) is 32.3 Å². The van der Waals surface area contributed by atoms with Crippen LogP contribution in [0.2, 0.25) is 0 Å². The van der Waals surface area contributed by atoms with Crippen molar-refractivity contribution in [3.8, 4) is 0 Å². The van der Waals surface area contributed by atoms with Crippen molar-refractivity contribution in [3.05, 3.63) is 35.9 Å². The molecular formula is C16H22N4S. The molecule has 1 aromatic rings. The number of aromatic nitrogens is 2. The van der Waals surface area contributed by atoms with Crippen molar-refractivity contribution in [2.24, 2.45) is 0 Å². The molecule has 2 fully saturated rings. The number of fused-ring (bicyclic) bond motifs is 1. The Bertz CT molecular complexity index is 560. The molecule has 0 amide bonds. The van der Waals surface area contributed by atoms with Crippen LogP contribution in [0.5, 0.6) is 0 Å². The number of nitrogens with zero attached hydrogens (tertiary/aromatic N) is 4. The van der Waals surface area contributed by atoms with Crippen molar-refractivity contribution in [2.45, 2.75) is 25.8 Å². The summed E-state index contributed by atoms with van der Waals surface area (Å²) in [5.74, 6) is 0. The lowest BCUT2D eigenvalue weighted by Gasteiger charge is -2.37. The molecule has 3 rings (SSSR count). The fraction of sp³-hybridized carbons (Fsp3) is 0.500. The van der Waals surface area contributed by atoms with Crippen LogP contribution in [0.1, 0.15) is 24.8 Å². The molecule has 0 aromatic carbocycles. The van der Waals surface area contributed by atoms with E-state index in [1.807, 2.05) is 19.1 Å². The van der Waals surface area contributed by atoms with Gasteiger partial charge in [0.2, 0.25) is 5.13 Å². The number of piperazine rings is 1. The first kappa shape index (κ1) is 14.5. The van der Waals surface area contributed by atoms with E-state index >= 15 is 0 Å². The van der Waals surface area contributed by atoms with Gasteiger partial charge in [-0.15, -0.1) is 10.2 Å². The molecule has 2 saturated heterocycles. The summed E-state index contributed by atoms with van der Waals surface area (Å²) in [5.41, 5.74) is 1.08. The highest BCUT2D eigenvalue weighted by Gasteiger charge is 2.31. The summed E-state index contributed by atoms with van der Waals surface area (Å²) in [6.07, 6.45) is 10.5. The standard InChI is InChI=1S/C16H22N4S/c1-3-6-13(7-4-2)15-17-18-16(21-15)20-11-10-19-9-5-8-14(19)12-20/h3-4,6-7,14H,1,5,8-12H2,2H3/b7-4-,13-6+/t14-/m1/s1. The third kappa shape index (κ3) is 3.09. The zero-order valence-corrected chi connectivity index (χ0v) is 13.4. The first-order valence-electron chi connectivity index (χ1n) is 7.60. The molecule has 4 nitrogen and oxygen atoms in total. The monoisotopic (exact) mass is 302 g/mol. The van der Waals surface area contributed by atoms with E-state index in [-0.39, 0.29) is 0 Å². The Labute approximate surface area is 130 Å². The van der Waals surface area contributed by atoms with Crippen molar-refractivity contribution in [1.82, 2.24) is 15.1 Å². The summed E-state index contributed by atoms with van der Waals surface area (Å²) in [6, 6.07) is 0.713. The van der Waals surface area contributed by atoms with E-state index in [4.69, 9.17) is 0 Å². The SMILES string of the molecule is C=C/C=C(\C=C/C)c1nnc(N2CCN3CCC[C@@H]3C2)s1. The summed E-state index contributed by atoms with van der Waals surface area (Å²) in [7, 11) is 0. The van der Waals surface area contributed by atoms with Gasteiger partial charge in [0, 0.05) is 31.2 Å². The van der Waals surface area contributed by atoms with Crippen LogP contribution in [-0.4, -0.2) is 47.3 Å². The van der Waals surface area contributed by atoms with Crippen molar-refractivity contribution in [2.75, 3.05) is 31.1 Å². The van der Waals surface area contributed by atoms with Gasteiger partial charge in [-0.25, -0.2) is 0 Å². The van der Waals surface area contributed by atoms with E-state index in [9.17, 15) is 0 Å². The Balaban J connectivity index is 1.75. The molecule has 1 aromatic heterocycles. The number of hydrogen-bond donors (Lipinski definition) is 0. The number of allylic oxidation sites excluding steroid dienone is 5. The van der Waals surface area contributed by atoms with Crippen LogP contribution >= 0.6 is 11.3 Å². The van der Waals surface area contributed by atoms with Gasteiger partial charge < -0.3 is 4.90 Å². The third-order valence-electron chi connectivity index (χ3n) is 4.16. The normalized spacial score (nSPS) is 23.8. The van der Waals surface area contributed by atoms with Crippen LogP contribution in [0.25, 0.3) is 5.57 Å². The smallest absolute Gasteiger partial charge is 0.208 e. The zero-order chi connectivity index (χ0) is 14.7. The number of anilines is 1. The Morgan fingerprint density at radius 3 is 3.05 bits per heavy atom. The lowest BCUT2D eigenvalue weighted by atomic mass is 10.2. The molecule has 0 spiro atoms. The Kier molecular flexibility index (Phi) is 4.51.